The fraction of sp³-hybridized carbons (Fsp3) is 0.467. The Balaban J connectivity index is 2.07. The van der Waals surface area contributed by atoms with Crippen molar-refractivity contribution < 1.29 is 4.79 Å². The van der Waals surface area contributed by atoms with Gasteiger partial charge in [0.15, 0.2) is 0 Å². The highest BCUT2D eigenvalue weighted by Crippen LogP contribution is 2.24. The van der Waals surface area contributed by atoms with Gasteiger partial charge in [-0.1, -0.05) is 48.8 Å². The van der Waals surface area contributed by atoms with Gasteiger partial charge in [-0.15, -0.1) is 0 Å². The summed E-state index contributed by atoms with van der Waals surface area (Å²) in [4.78, 5) is 14.7. The van der Waals surface area contributed by atoms with Gasteiger partial charge in [0.2, 0.25) is 5.91 Å². The summed E-state index contributed by atoms with van der Waals surface area (Å²) < 4.78 is 0. The first kappa shape index (κ1) is 15.3. The summed E-state index contributed by atoms with van der Waals surface area (Å²) in [6.07, 6.45) is 4.78. The molecule has 0 saturated heterocycles. The van der Waals surface area contributed by atoms with Crippen molar-refractivity contribution in [2.75, 3.05) is 6.54 Å². The van der Waals surface area contributed by atoms with Crippen molar-refractivity contribution >= 4 is 34.7 Å². The molecule has 0 unspecified atom stereocenters. The second-order valence-electron chi connectivity index (χ2n) is 5.23. The third kappa shape index (κ3) is 4.18. The zero-order valence-corrected chi connectivity index (χ0v) is 12.9. The summed E-state index contributed by atoms with van der Waals surface area (Å²) in [6.45, 7) is 0.374. The van der Waals surface area contributed by atoms with Crippen molar-refractivity contribution in [2.24, 2.45) is 5.73 Å². The molecule has 1 fully saturated rings. The van der Waals surface area contributed by atoms with E-state index in [9.17, 15) is 4.79 Å². The minimum absolute atomic E-state index is 0.0759. The molecule has 0 atom stereocenters. The summed E-state index contributed by atoms with van der Waals surface area (Å²) in [6, 6.07) is 7.69. The number of benzene rings is 1. The van der Waals surface area contributed by atoms with E-state index in [-0.39, 0.29) is 11.9 Å². The lowest BCUT2D eigenvalue weighted by Gasteiger charge is -2.28. The summed E-state index contributed by atoms with van der Waals surface area (Å²) in [7, 11) is 0. The first-order valence-electron chi connectivity index (χ1n) is 6.88. The van der Waals surface area contributed by atoms with E-state index in [0.717, 1.165) is 18.4 Å². The summed E-state index contributed by atoms with van der Waals surface area (Å²) in [5.41, 5.74) is 6.56. The number of nitrogens with two attached hydrogens (primary N) is 1. The molecular weight excluding hydrogens is 292 g/mol. The summed E-state index contributed by atoms with van der Waals surface area (Å²) >= 11 is 10.9. The van der Waals surface area contributed by atoms with Crippen molar-refractivity contribution in [3.8, 4) is 0 Å². The molecule has 0 spiro atoms. The highest BCUT2D eigenvalue weighted by Gasteiger charge is 2.26. The van der Waals surface area contributed by atoms with Crippen LogP contribution in [-0.4, -0.2) is 28.4 Å². The fourth-order valence-corrected chi connectivity index (χ4v) is 3.08. The number of hydrogen-bond acceptors (Lipinski definition) is 2. The number of nitrogens with zero attached hydrogens (tertiary/aromatic N) is 1. The van der Waals surface area contributed by atoms with Crippen LogP contribution in [0.2, 0.25) is 5.02 Å². The fourth-order valence-electron chi connectivity index (χ4n) is 2.73. The molecule has 0 aromatic heterocycles. The van der Waals surface area contributed by atoms with E-state index >= 15 is 0 Å². The van der Waals surface area contributed by atoms with Gasteiger partial charge in [0.1, 0.15) is 0 Å². The molecule has 0 aliphatic heterocycles. The maximum absolute atomic E-state index is 12.5. The lowest BCUT2D eigenvalue weighted by atomic mass is 10.1. The van der Waals surface area contributed by atoms with Gasteiger partial charge in [-0.3, -0.25) is 4.79 Å². The molecule has 20 heavy (non-hydrogen) atoms. The Bertz CT molecular complexity index is 500. The molecule has 3 nitrogen and oxygen atoms in total. The topological polar surface area (TPSA) is 46.3 Å². The van der Waals surface area contributed by atoms with Crippen molar-refractivity contribution in [1.82, 2.24) is 4.90 Å². The average molecular weight is 311 g/mol. The van der Waals surface area contributed by atoms with Crippen molar-refractivity contribution in [3.05, 3.63) is 34.9 Å². The third-order valence-corrected chi connectivity index (χ3v) is 4.02. The largest absolute Gasteiger partial charge is 0.392 e. The van der Waals surface area contributed by atoms with Gasteiger partial charge in [0.25, 0.3) is 0 Å². The second kappa shape index (κ2) is 7.04. The number of carbonyl (C=O) groups excluding carboxylic acids is 1. The van der Waals surface area contributed by atoms with Crippen LogP contribution in [0, 0.1) is 0 Å². The van der Waals surface area contributed by atoms with Crippen LogP contribution in [0.5, 0.6) is 0 Å². The highest BCUT2D eigenvalue weighted by atomic mass is 35.5. The second-order valence-corrected chi connectivity index (χ2v) is 6.19. The van der Waals surface area contributed by atoms with Crippen LogP contribution in [0.3, 0.4) is 0 Å². The number of carbonyl (C=O) groups is 1. The zero-order valence-electron chi connectivity index (χ0n) is 11.3. The Hall–Kier alpha value is -1.13. The molecule has 1 aromatic carbocycles. The molecule has 2 N–H and O–H groups in total. The molecule has 5 heteroatoms. The Morgan fingerprint density at radius 3 is 2.70 bits per heavy atom. The molecule has 1 saturated carbocycles. The van der Waals surface area contributed by atoms with Gasteiger partial charge in [0, 0.05) is 11.1 Å². The first-order chi connectivity index (χ1) is 9.56. The van der Waals surface area contributed by atoms with Crippen LogP contribution in [0.15, 0.2) is 24.3 Å². The average Bonchev–Trinajstić information content (AvgIpc) is 2.89. The lowest BCUT2D eigenvalue weighted by Crippen LogP contribution is -2.44. The number of amides is 1. The Morgan fingerprint density at radius 2 is 2.10 bits per heavy atom. The van der Waals surface area contributed by atoms with Crippen LogP contribution in [-0.2, 0) is 11.2 Å². The molecule has 1 aliphatic carbocycles. The number of thiocarbonyl (C=S) groups is 1. The maximum atomic E-state index is 12.5. The molecular formula is C15H19ClN2OS. The molecule has 1 aromatic rings. The van der Waals surface area contributed by atoms with E-state index in [1.54, 1.807) is 6.07 Å². The Kier molecular flexibility index (Phi) is 5.38. The van der Waals surface area contributed by atoms with Crippen molar-refractivity contribution in [1.29, 1.82) is 0 Å². The van der Waals surface area contributed by atoms with Gasteiger partial charge in [-0.25, -0.2) is 0 Å². The quantitative estimate of drug-likeness (QED) is 0.851. The summed E-state index contributed by atoms with van der Waals surface area (Å²) in [5, 5.41) is 0.650. The van der Waals surface area contributed by atoms with Gasteiger partial charge < -0.3 is 10.6 Å². The Labute approximate surface area is 130 Å². The number of hydrogen-bond donors (Lipinski definition) is 1. The van der Waals surface area contributed by atoms with Crippen LogP contribution >= 0.6 is 23.8 Å². The molecule has 108 valence electrons. The van der Waals surface area contributed by atoms with Gasteiger partial charge in [-0.2, -0.15) is 0 Å². The number of rotatable bonds is 5. The van der Waals surface area contributed by atoms with Crippen LogP contribution in [0.25, 0.3) is 0 Å². The lowest BCUT2D eigenvalue weighted by molar-refractivity contribution is -0.131. The third-order valence-electron chi connectivity index (χ3n) is 3.66. The maximum Gasteiger partial charge on any atom is 0.227 e. The number of halogens is 1. The summed E-state index contributed by atoms with van der Waals surface area (Å²) in [5.74, 6) is 0.0759. The van der Waals surface area contributed by atoms with Crippen LogP contribution in [0.1, 0.15) is 31.2 Å². The first-order valence-corrected chi connectivity index (χ1v) is 7.67. The Morgan fingerprint density at radius 1 is 1.40 bits per heavy atom. The van der Waals surface area contributed by atoms with E-state index in [1.165, 1.54) is 12.8 Å². The van der Waals surface area contributed by atoms with Crippen molar-refractivity contribution in [3.63, 3.8) is 0 Å². The van der Waals surface area contributed by atoms with E-state index in [1.807, 2.05) is 23.1 Å². The minimum Gasteiger partial charge on any atom is -0.392 e. The molecule has 2 rings (SSSR count). The zero-order chi connectivity index (χ0) is 14.5. The van der Waals surface area contributed by atoms with E-state index < -0.39 is 0 Å². The molecule has 1 amide bonds. The smallest absolute Gasteiger partial charge is 0.227 e. The monoisotopic (exact) mass is 310 g/mol. The minimum atomic E-state index is 0.0759. The standard InChI is InChI=1S/C15H19ClN2OS/c16-12-5-3-4-11(8-12)9-15(19)18(10-14(17)20)13-6-1-2-7-13/h3-5,8,13H,1-2,6-7,9-10H2,(H2,17,20). The van der Waals surface area contributed by atoms with Crippen LogP contribution < -0.4 is 5.73 Å². The normalized spacial score (nSPS) is 15.2. The van der Waals surface area contributed by atoms with Gasteiger partial charge >= 0.3 is 0 Å². The van der Waals surface area contributed by atoms with E-state index in [0.29, 0.717) is 23.0 Å². The van der Waals surface area contributed by atoms with E-state index in [4.69, 9.17) is 29.6 Å². The molecule has 0 bridgehead atoms. The van der Waals surface area contributed by atoms with Gasteiger partial charge in [-0.05, 0) is 30.5 Å². The predicted octanol–water partition coefficient (Wildman–Crippen LogP) is 2.94. The van der Waals surface area contributed by atoms with Crippen molar-refractivity contribution in [2.45, 2.75) is 38.1 Å². The molecule has 1 aliphatic rings. The van der Waals surface area contributed by atoms with Gasteiger partial charge in [0.05, 0.1) is 18.0 Å². The van der Waals surface area contributed by atoms with Crippen LogP contribution in [0.4, 0.5) is 0 Å². The molecule has 0 heterocycles. The SMILES string of the molecule is NC(=S)CN(C(=O)Cc1cccc(Cl)c1)C1CCCC1. The molecule has 0 radical (unpaired) electrons. The predicted molar refractivity (Wildman–Crippen MR) is 85.9 cm³/mol. The highest BCUT2D eigenvalue weighted by molar-refractivity contribution is 7.80. The van der Waals surface area contributed by atoms with E-state index in [2.05, 4.69) is 0 Å².